The third-order valence-corrected chi connectivity index (χ3v) is 4.48. The van der Waals surface area contributed by atoms with E-state index in [4.69, 9.17) is 0 Å². The largest absolute Gasteiger partial charge is 0.366 e. The van der Waals surface area contributed by atoms with E-state index in [1.807, 2.05) is 4.90 Å². The standard InChI is InChI=1S/C19H20FN3O3/c20-15-6-8-16(9-7-15)21-19(24)14-5-10-17(18(13-14)23(25)26)22-11-3-1-2-4-12-22/h5-10,13H,1-4,11-12H2,(H,21,24). The van der Waals surface area contributed by atoms with Gasteiger partial charge in [0, 0.05) is 30.4 Å². The van der Waals surface area contributed by atoms with Crippen molar-refractivity contribution in [3.63, 3.8) is 0 Å². The van der Waals surface area contributed by atoms with E-state index in [-0.39, 0.29) is 11.3 Å². The van der Waals surface area contributed by atoms with Crippen LogP contribution in [-0.2, 0) is 0 Å². The summed E-state index contributed by atoms with van der Waals surface area (Å²) in [6, 6.07) is 9.88. The molecule has 1 saturated heterocycles. The van der Waals surface area contributed by atoms with E-state index in [1.165, 1.54) is 30.3 Å². The maximum atomic E-state index is 12.9. The molecule has 0 aliphatic carbocycles. The van der Waals surface area contributed by atoms with Crippen molar-refractivity contribution in [2.75, 3.05) is 23.3 Å². The first-order valence-corrected chi connectivity index (χ1v) is 8.65. The SMILES string of the molecule is O=C(Nc1ccc(F)cc1)c1ccc(N2CCCCCC2)c([N+](=O)[O-])c1. The quantitative estimate of drug-likeness (QED) is 0.651. The molecule has 1 amide bonds. The molecule has 7 heteroatoms. The molecule has 0 aromatic heterocycles. The van der Waals surface area contributed by atoms with Gasteiger partial charge in [-0.2, -0.15) is 0 Å². The van der Waals surface area contributed by atoms with E-state index in [2.05, 4.69) is 5.32 Å². The molecule has 0 atom stereocenters. The third kappa shape index (κ3) is 4.17. The average molecular weight is 357 g/mol. The highest BCUT2D eigenvalue weighted by molar-refractivity contribution is 6.05. The molecule has 1 aliphatic rings. The molecule has 26 heavy (non-hydrogen) atoms. The fourth-order valence-electron chi connectivity index (χ4n) is 3.13. The Morgan fingerprint density at radius 3 is 2.31 bits per heavy atom. The number of nitrogens with zero attached hydrogens (tertiary/aromatic N) is 2. The van der Waals surface area contributed by atoms with Crippen LogP contribution in [0.15, 0.2) is 42.5 Å². The summed E-state index contributed by atoms with van der Waals surface area (Å²) in [6.07, 6.45) is 4.26. The summed E-state index contributed by atoms with van der Waals surface area (Å²) in [5.41, 5.74) is 1.10. The second-order valence-electron chi connectivity index (χ2n) is 6.32. The van der Waals surface area contributed by atoms with E-state index in [0.29, 0.717) is 11.4 Å². The molecule has 1 fully saturated rings. The zero-order valence-corrected chi connectivity index (χ0v) is 14.3. The third-order valence-electron chi connectivity index (χ3n) is 4.48. The molecule has 0 spiro atoms. The summed E-state index contributed by atoms with van der Waals surface area (Å²) in [6.45, 7) is 1.56. The molecule has 1 aliphatic heterocycles. The lowest BCUT2D eigenvalue weighted by Crippen LogP contribution is -2.25. The highest BCUT2D eigenvalue weighted by Gasteiger charge is 2.22. The van der Waals surface area contributed by atoms with Crippen LogP contribution in [0.5, 0.6) is 0 Å². The molecule has 0 bridgehead atoms. The lowest BCUT2D eigenvalue weighted by molar-refractivity contribution is -0.384. The normalized spacial score (nSPS) is 14.6. The number of benzene rings is 2. The minimum absolute atomic E-state index is 0.0707. The van der Waals surface area contributed by atoms with Gasteiger partial charge in [0.2, 0.25) is 0 Å². The van der Waals surface area contributed by atoms with E-state index < -0.39 is 16.6 Å². The van der Waals surface area contributed by atoms with Gasteiger partial charge in [-0.3, -0.25) is 14.9 Å². The highest BCUT2D eigenvalue weighted by Crippen LogP contribution is 2.31. The molecular weight excluding hydrogens is 337 g/mol. The molecule has 2 aromatic rings. The molecule has 136 valence electrons. The predicted octanol–water partition coefficient (Wildman–Crippen LogP) is 4.37. The van der Waals surface area contributed by atoms with Crippen LogP contribution in [0.2, 0.25) is 0 Å². The molecule has 0 radical (unpaired) electrons. The summed E-state index contributed by atoms with van der Waals surface area (Å²) in [5.74, 6) is -0.873. The summed E-state index contributed by atoms with van der Waals surface area (Å²) in [4.78, 5) is 25.5. The van der Waals surface area contributed by atoms with Gasteiger partial charge in [-0.15, -0.1) is 0 Å². The number of hydrogen-bond acceptors (Lipinski definition) is 4. The highest BCUT2D eigenvalue weighted by atomic mass is 19.1. The summed E-state index contributed by atoms with van der Waals surface area (Å²) in [5, 5.41) is 14.1. The lowest BCUT2D eigenvalue weighted by Gasteiger charge is -2.22. The zero-order valence-electron chi connectivity index (χ0n) is 14.3. The van der Waals surface area contributed by atoms with Gasteiger partial charge in [0.25, 0.3) is 11.6 Å². The minimum atomic E-state index is -0.470. The van der Waals surface area contributed by atoms with Crippen molar-refractivity contribution >= 4 is 23.0 Å². The number of carbonyl (C=O) groups is 1. The Morgan fingerprint density at radius 1 is 1.04 bits per heavy atom. The van der Waals surface area contributed by atoms with Gasteiger partial charge in [0.1, 0.15) is 11.5 Å². The van der Waals surface area contributed by atoms with Gasteiger partial charge in [0.05, 0.1) is 4.92 Å². The van der Waals surface area contributed by atoms with E-state index >= 15 is 0 Å². The van der Waals surface area contributed by atoms with Crippen molar-refractivity contribution in [2.24, 2.45) is 0 Å². The van der Waals surface area contributed by atoms with Crippen LogP contribution < -0.4 is 10.2 Å². The minimum Gasteiger partial charge on any atom is -0.366 e. The Balaban J connectivity index is 1.84. The first kappa shape index (κ1) is 17.8. The van der Waals surface area contributed by atoms with Crippen LogP contribution in [0.1, 0.15) is 36.0 Å². The van der Waals surface area contributed by atoms with Gasteiger partial charge < -0.3 is 10.2 Å². The number of amides is 1. The van der Waals surface area contributed by atoms with E-state index in [9.17, 15) is 19.3 Å². The Hall–Kier alpha value is -2.96. The Kier molecular flexibility index (Phi) is 5.46. The topological polar surface area (TPSA) is 75.5 Å². The monoisotopic (exact) mass is 357 g/mol. The number of nitro groups is 1. The molecule has 6 nitrogen and oxygen atoms in total. The van der Waals surface area contributed by atoms with Crippen molar-refractivity contribution in [3.05, 3.63) is 64.0 Å². The molecule has 0 saturated carbocycles. The molecule has 2 aromatic carbocycles. The number of halogens is 1. The van der Waals surface area contributed by atoms with Gasteiger partial charge in [-0.05, 0) is 49.2 Å². The van der Waals surface area contributed by atoms with Gasteiger partial charge >= 0.3 is 0 Å². The van der Waals surface area contributed by atoms with Gasteiger partial charge in [0.15, 0.2) is 0 Å². The van der Waals surface area contributed by atoms with Crippen molar-refractivity contribution in [1.29, 1.82) is 0 Å². The molecule has 1 heterocycles. The van der Waals surface area contributed by atoms with Crippen molar-refractivity contribution in [1.82, 2.24) is 0 Å². The van der Waals surface area contributed by atoms with Crippen LogP contribution >= 0.6 is 0 Å². The Bertz CT molecular complexity index is 800. The van der Waals surface area contributed by atoms with Crippen molar-refractivity contribution < 1.29 is 14.1 Å². The second-order valence-corrected chi connectivity index (χ2v) is 6.32. The van der Waals surface area contributed by atoms with Crippen LogP contribution in [-0.4, -0.2) is 23.9 Å². The summed E-state index contributed by atoms with van der Waals surface area (Å²) >= 11 is 0. The van der Waals surface area contributed by atoms with Crippen LogP contribution in [0, 0.1) is 15.9 Å². The predicted molar refractivity (Wildman–Crippen MR) is 98.1 cm³/mol. The first-order chi connectivity index (χ1) is 12.5. The van der Waals surface area contributed by atoms with Gasteiger partial charge in [-0.1, -0.05) is 12.8 Å². The van der Waals surface area contributed by atoms with Crippen molar-refractivity contribution in [3.8, 4) is 0 Å². The number of rotatable bonds is 4. The lowest BCUT2D eigenvalue weighted by atomic mass is 10.1. The average Bonchev–Trinajstić information content (AvgIpc) is 2.92. The van der Waals surface area contributed by atoms with E-state index in [1.54, 1.807) is 12.1 Å². The van der Waals surface area contributed by atoms with Crippen LogP contribution in [0.4, 0.5) is 21.5 Å². The Morgan fingerprint density at radius 2 is 1.69 bits per heavy atom. The van der Waals surface area contributed by atoms with Gasteiger partial charge in [-0.25, -0.2) is 4.39 Å². The number of nitrogens with one attached hydrogen (secondary N) is 1. The second kappa shape index (κ2) is 7.95. The van der Waals surface area contributed by atoms with Crippen LogP contribution in [0.25, 0.3) is 0 Å². The maximum absolute atomic E-state index is 12.9. The first-order valence-electron chi connectivity index (χ1n) is 8.65. The number of anilines is 2. The molecule has 0 unspecified atom stereocenters. The molecule has 3 rings (SSSR count). The number of nitro benzene ring substituents is 1. The fourth-order valence-corrected chi connectivity index (χ4v) is 3.13. The molecular formula is C19H20FN3O3. The van der Waals surface area contributed by atoms with E-state index in [0.717, 1.165) is 38.8 Å². The number of carbonyl (C=O) groups excluding carboxylic acids is 1. The van der Waals surface area contributed by atoms with Crippen LogP contribution in [0.3, 0.4) is 0 Å². The number of hydrogen-bond donors (Lipinski definition) is 1. The summed E-state index contributed by atoms with van der Waals surface area (Å²) in [7, 11) is 0. The zero-order chi connectivity index (χ0) is 18.5. The fraction of sp³-hybridized carbons (Fsp3) is 0.316. The molecule has 1 N–H and O–H groups in total. The summed E-state index contributed by atoms with van der Waals surface area (Å²) < 4.78 is 12.9. The maximum Gasteiger partial charge on any atom is 0.293 e. The van der Waals surface area contributed by atoms with Crippen molar-refractivity contribution in [2.45, 2.75) is 25.7 Å². The smallest absolute Gasteiger partial charge is 0.293 e. The Labute approximate surface area is 150 Å².